The summed E-state index contributed by atoms with van der Waals surface area (Å²) in [4.78, 5) is 38.1. The maximum Gasteiger partial charge on any atom is 0.306 e. The minimum absolute atomic E-state index is 0.0820. The first-order valence-electron chi connectivity index (χ1n) is 28.1. The van der Waals surface area contributed by atoms with Crippen LogP contribution in [0, 0.1) is 0 Å². The lowest BCUT2D eigenvalue weighted by atomic mass is 10.1. The molecule has 0 saturated heterocycles. The average molecular weight is 911 g/mol. The van der Waals surface area contributed by atoms with Crippen molar-refractivity contribution in [2.45, 2.75) is 297 Å². The summed E-state index contributed by atoms with van der Waals surface area (Å²) < 4.78 is 16.8. The molecule has 0 radical (unpaired) electrons. The van der Waals surface area contributed by atoms with Crippen LogP contribution in [0.4, 0.5) is 0 Å². The van der Waals surface area contributed by atoms with E-state index in [1.807, 2.05) is 0 Å². The molecule has 0 aromatic rings. The molecule has 6 heteroatoms. The number of hydrogen-bond donors (Lipinski definition) is 0. The van der Waals surface area contributed by atoms with Gasteiger partial charge in [0, 0.05) is 19.3 Å². The molecule has 378 valence electrons. The van der Waals surface area contributed by atoms with Gasteiger partial charge in [0.25, 0.3) is 0 Å². The Balaban J connectivity index is 4.39. The van der Waals surface area contributed by atoms with E-state index in [-0.39, 0.29) is 31.1 Å². The summed E-state index contributed by atoms with van der Waals surface area (Å²) in [6, 6.07) is 0. The van der Waals surface area contributed by atoms with E-state index in [0.717, 1.165) is 89.9 Å². The lowest BCUT2D eigenvalue weighted by Gasteiger charge is -2.18. The van der Waals surface area contributed by atoms with E-state index >= 15 is 0 Å². The Labute approximate surface area is 403 Å². The van der Waals surface area contributed by atoms with Crippen molar-refractivity contribution in [3.05, 3.63) is 48.6 Å². The molecule has 0 amide bonds. The third-order valence-corrected chi connectivity index (χ3v) is 12.3. The Kier molecular flexibility index (Phi) is 51.8. The molecule has 1 atom stereocenters. The number of esters is 3. The summed E-state index contributed by atoms with van der Waals surface area (Å²) >= 11 is 0. The first-order chi connectivity index (χ1) is 32.0. The molecule has 0 aliphatic carbocycles. The summed E-state index contributed by atoms with van der Waals surface area (Å²) in [6.45, 7) is 6.59. The van der Waals surface area contributed by atoms with E-state index in [1.54, 1.807) is 0 Å². The van der Waals surface area contributed by atoms with Crippen molar-refractivity contribution in [1.82, 2.24) is 0 Å². The fourth-order valence-electron chi connectivity index (χ4n) is 7.98. The summed E-state index contributed by atoms with van der Waals surface area (Å²) in [6.07, 6.45) is 65.2. The number of hydrogen-bond acceptors (Lipinski definition) is 6. The second-order valence-electron chi connectivity index (χ2n) is 18.8. The van der Waals surface area contributed by atoms with Crippen molar-refractivity contribution in [3.63, 3.8) is 0 Å². The molecule has 0 saturated carbocycles. The van der Waals surface area contributed by atoms with Gasteiger partial charge in [-0.25, -0.2) is 0 Å². The monoisotopic (exact) mass is 911 g/mol. The minimum atomic E-state index is -0.784. The summed E-state index contributed by atoms with van der Waals surface area (Å²) in [5.74, 6) is -0.898. The fraction of sp³-hybridized carbons (Fsp3) is 0.814. The molecule has 0 aliphatic rings. The van der Waals surface area contributed by atoms with Gasteiger partial charge in [-0.2, -0.15) is 0 Å². The highest BCUT2D eigenvalue weighted by Crippen LogP contribution is 2.15. The fourth-order valence-corrected chi connectivity index (χ4v) is 7.98. The Morgan fingerprint density at radius 2 is 0.569 bits per heavy atom. The lowest BCUT2D eigenvalue weighted by Crippen LogP contribution is -2.30. The quantitative estimate of drug-likeness (QED) is 0.0262. The molecule has 0 aromatic heterocycles. The maximum absolute atomic E-state index is 12.8. The summed E-state index contributed by atoms with van der Waals surface area (Å²) in [5.41, 5.74) is 0. The van der Waals surface area contributed by atoms with Crippen LogP contribution in [0.2, 0.25) is 0 Å². The Bertz CT molecular complexity index is 1140. The van der Waals surface area contributed by atoms with Crippen LogP contribution in [0.25, 0.3) is 0 Å². The first kappa shape index (κ1) is 62.4. The zero-order chi connectivity index (χ0) is 47.2. The Hall–Kier alpha value is -2.63. The van der Waals surface area contributed by atoms with Crippen LogP contribution in [-0.2, 0) is 28.6 Å². The molecule has 0 rings (SSSR count). The van der Waals surface area contributed by atoms with Gasteiger partial charge in [0.05, 0.1) is 0 Å². The van der Waals surface area contributed by atoms with Crippen molar-refractivity contribution < 1.29 is 28.6 Å². The van der Waals surface area contributed by atoms with Gasteiger partial charge in [0.2, 0.25) is 0 Å². The molecular formula is C59H106O6. The van der Waals surface area contributed by atoms with Crippen LogP contribution in [0.1, 0.15) is 290 Å². The molecule has 0 heterocycles. The molecule has 0 spiro atoms. The van der Waals surface area contributed by atoms with Crippen LogP contribution in [0.3, 0.4) is 0 Å². The molecule has 0 fully saturated rings. The maximum atomic E-state index is 12.8. The number of unbranched alkanes of at least 4 members (excludes halogenated alkanes) is 32. The third-order valence-electron chi connectivity index (χ3n) is 12.3. The highest BCUT2D eigenvalue weighted by molar-refractivity contribution is 5.71. The van der Waals surface area contributed by atoms with Gasteiger partial charge < -0.3 is 14.2 Å². The van der Waals surface area contributed by atoms with E-state index in [0.29, 0.717) is 19.3 Å². The van der Waals surface area contributed by atoms with Gasteiger partial charge in [-0.05, 0) is 96.3 Å². The van der Waals surface area contributed by atoms with Crippen LogP contribution < -0.4 is 0 Å². The number of allylic oxidation sites excluding steroid dienone is 8. The minimum Gasteiger partial charge on any atom is -0.462 e. The van der Waals surface area contributed by atoms with Crippen molar-refractivity contribution in [1.29, 1.82) is 0 Å². The lowest BCUT2D eigenvalue weighted by molar-refractivity contribution is -0.167. The zero-order valence-electron chi connectivity index (χ0n) is 43.3. The summed E-state index contributed by atoms with van der Waals surface area (Å²) in [7, 11) is 0. The highest BCUT2D eigenvalue weighted by Gasteiger charge is 2.19. The van der Waals surface area contributed by atoms with E-state index in [2.05, 4.69) is 69.4 Å². The number of carbonyl (C=O) groups excluding carboxylic acids is 3. The number of rotatable bonds is 51. The molecule has 0 aliphatic heterocycles. The van der Waals surface area contributed by atoms with Crippen molar-refractivity contribution in [2.24, 2.45) is 0 Å². The van der Waals surface area contributed by atoms with Crippen LogP contribution in [-0.4, -0.2) is 37.2 Å². The predicted molar refractivity (Wildman–Crippen MR) is 279 cm³/mol. The van der Waals surface area contributed by atoms with E-state index < -0.39 is 6.10 Å². The van der Waals surface area contributed by atoms with Crippen molar-refractivity contribution in [2.75, 3.05) is 13.2 Å². The molecule has 0 aromatic carbocycles. The topological polar surface area (TPSA) is 78.9 Å². The van der Waals surface area contributed by atoms with E-state index in [1.165, 1.54) is 161 Å². The SMILES string of the molecule is CCCC/C=C\C/C=C\CCCCCCCC(=O)OCC(COC(=O)CCCCCCCCC/C=C\CCCCCCCC)OC(=O)CCCCCCC/C=C\CCCCCCCCC. The van der Waals surface area contributed by atoms with Gasteiger partial charge in [0.15, 0.2) is 6.10 Å². The van der Waals surface area contributed by atoms with Gasteiger partial charge in [-0.3, -0.25) is 14.4 Å². The van der Waals surface area contributed by atoms with Crippen molar-refractivity contribution >= 4 is 17.9 Å². The van der Waals surface area contributed by atoms with Crippen LogP contribution in [0.5, 0.6) is 0 Å². The molecular weight excluding hydrogens is 805 g/mol. The van der Waals surface area contributed by atoms with Crippen molar-refractivity contribution in [3.8, 4) is 0 Å². The second kappa shape index (κ2) is 54.0. The summed E-state index contributed by atoms with van der Waals surface area (Å²) in [5, 5.41) is 0. The van der Waals surface area contributed by atoms with E-state index in [4.69, 9.17) is 14.2 Å². The number of ether oxygens (including phenoxy) is 3. The van der Waals surface area contributed by atoms with Gasteiger partial charge in [0.1, 0.15) is 13.2 Å². The molecule has 0 bridgehead atoms. The normalized spacial score (nSPS) is 12.4. The van der Waals surface area contributed by atoms with Gasteiger partial charge in [-0.1, -0.05) is 223 Å². The average Bonchev–Trinajstić information content (AvgIpc) is 3.30. The molecule has 65 heavy (non-hydrogen) atoms. The predicted octanol–water partition coefficient (Wildman–Crippen LogP) is 18.7. The standard InChI is InChI=1S/C59H106O6/c1-4-7-10-13-16-19-22-25-28-30-32-34-37-40-43-46-49-52-58(61)64-55-56(54-63-57(60)51-48-45-42-39-36-33-27-24-21-18-15-12-9-6-3)65-59(62)53-50-47-44-41-38-35-31-29-26-23-20-17-14-11-8-5-2/h15,18,24-25,27-29,31,56H,4-14,16-17,19-23,26,30,32-55H2,1-3H3/b18-15-,27-24-,28-25-,31-29-. The Morgan fingerprint density at radius 3 is 0.908 bits per heavy atom. The van der Waals surface area contributed by atoms with Gasteiger partial charge in [-0.15, -0.1) is 0 Å². The second-order valence-corrected chi connectivity index (χ2v) is 18.8. The van der Waals surface area contributed by atoms with E-state index in [9.17, 15) is 14.4 Å². The third kappa shape index (κ3) is 52.2. The smallest absolute Gasteiger partial charge is 0.306 e. The van der Waals surface area contributed by atoms with Gasteiger partial charge >= 0.3 is 17.9 Å². The first-order valence-corrected chi connectivity index (χ1v) is 28.1. The zero-order valence-corrected chi connectivity index (χ0v) is 43.3. The highest BCUT2D eigenvalue weighted by atomic mass is 16.6. The molecule has 6 nitrogen and oxygen atoms in total. The molecule has 1 unspecified atom stereocenters. The molecule has 0 N–H and O–H groups in total. The largest absolute Gasteiger partial charge is 0.462 e. The van der Waals surface area contributed by atoms with Crippen LogP contribution in [0.15, 0.2) is 48.6 Å². The van der Waals surface area contributed by atoms with Crippen LogP contribution >= 0.6 is 0 Å². The number of carbonyl (C=O) groups is 3. The Morgan fingerprint density at radius 1 is 0.308 bits per heavy atom.